The van der Waals surface area contributed by atoms with E-state index in [1.54, 1.807) is 0 Å². The lowest BCUT2D eigenvalue weighted by Gasteiger charge is -2.28. The summed E-state index contributed by atoms with van der Waals surface area (Å²) in [5.74, 6) is -0.764. The quantitative estimate of drug-likeness (QED) is 0.852. The highest BCUT2D eigenvalue weighted by Crippen LogP contribution is 2.31. The molecule has 9 heteroatoms. The molecule has 23 heavy (non-hydrogen) atoms. The summed E-state index contributed by atoms with van der Waals surface area (Å²) >= 11 is 0. The number of benzene rings is 1. The van der Waals surface area contributed by atoms with Crippen molar-refractivity contribution in [1.29, 1.82) is 0 Å². The molecule has 1 fully saturated rings. The highest BCUT2D eigenvalue weighted by Gasteiger charge is 2.34. The highest BCUT2D eigenvalue weighted by atomic mass is 32.2. The van der Waals surface area contributed by atoms with Gasteiger partial charge in [0.25, 0.3) is 0 Å². The Morgan fingerprint density at radius 1 is 1.26 bits per heavy atom. The molecule has 0 heterocycles. The molecule has 5 nitrogen and oxygen atoms in total. The van der Waals surface area contributed by atoms with Gasteiger partial charge in [0.15, 0.2) is 0 Å². The first-order valence-corrected chi connectivity index (χ1v) is 8.67. The van der Waals surface area contributed by atoms with Crippen LogP contribution in [0.15, 0.2) is 29.2 Å². The number of halogens is 3. The predicted octanol–water partition coefficient (Wildman–Crippen LogP) is 2.41. The lowest BCUT2D eigenvalue weighted by molar-refractivity contribution is -0.275. The Morgan fingerprint density at radius 3 is 2.61 bits per heavy atom. The van der Waals surface area contributed by atoms with E-state index in [-0.39, 0.29) is 12.5 Å². The number of aliphatic hydroxyl groups excluding tert-OH is 1. The number of sulfonamides is 1. The zero-order valence-electron chi connectivity index (χ0n) is 12.2. The molecule has 0 amide bonds. The van der Waals surface area contributed by atoms with Crippen LogP contribution in [0.4, 0.5) is 13.2 Å². The smallest absolute Gasteiger partial charge is 0.404 e. The molecule has 130 valence electrons. The number of ether oxygens (including phenoxy) is 1. The van der Waals surface area contributed by atoms with Crippen molar-refractivity contribution in [2.24, 2.45) is 5.92 Å². The third-order valence-corrected chi connectivity index (χ3v) is 5.29. The van der Waals surface area contributed by atoms with Gasteiger partial charge in [-0.1, -0.05) is 18.6 Å². The molecule has 0 unspecified atom stereocenters. The number of nitrogens with one attached hydrogen (secondary N) is 1. The molecular weight excluding hydrogens is 335 g/mol. The lowest BCUT2D eigenvalue weighted by Crippen LogP contribution is -2.39. The van der Waals surface area contributed by atoms with Crippen LogP contribution in [0.1, 0.15) is 25.7 Å². The average Bonchev–Trinajstić information content (AvgIpc) is 2.45. The highest BCUT2D eigenvalue weighted by molar-refractivity contribution is 7.89. The van der Waals surface area contributed by atoms with Crippen molar-refractivity contribution >= 4 is 10.0 Å². The fourth-order valence-corrected chi connectivity index (χ4v) is 4.14. The molecule has 2 N–H and O–H groups in total. The van der Waals surface area contributed by atoms with Crippen molar-refractivity contribution in [3.63, 3.8) is 0 Å². The predicted molar refractivity (Wildman–Crippen MR) is 76.3 cm³/mol. The van der Waals surface area contributed by atoms with E-state index in [1.165, 1.54) is 12.1 Å². The van der Waals surface area contributed by atoms with Gasteiger partial charge >= 0.3 is 6.36 Å². The summed E-state index contributed by atoms with van der Waals surface area (Å²) in [4.78, 5) is -0.552. The second-order valence-corrected chi connectivity index (χ2v) is 7.21. The Balaban J connectivity index is 2.19. The number of hydrogen-bond donors (Lipinski definition) is 2. The van der Waals surface area contributed by atoms with E-state index in [9.17, 15) is 26.7 Å². The summed E-state index contributed by atoms with van der Waals surface area (Å²) in [6.45, 7) is -0.0357. The van der Waals surface area contributed by atoms with Gasteiger partial charge in [-0.05, 0) is 37.3 Å². The molecule has 2 rings (SSSR count). The van der Waals surface area contributed by atoms with Crippen LogP contribution >= 0.6 is 0 Å². The Hall–Kier alpha value is -1.32. The first kappa shape index (κ1) is 18.0. The third-order valence-electron chi connectivity index (χ3n) is 3.73. The molecular formula is C14H18F3NO4S. The van der Waals surface area contributed by atoms with E-state index in [4.69, 9.17) is 0 Å². The lowest BCUT2D eigenvalue weighted by atomic mass is 9.87. The van der Waals surface area contributed by atoms with Crippen LogP contribution in [0, 0.1) is 5.92 Å². The van der Waals surface area contributed by atoms with Crippen LogP contribution in [0.25, 0.3) is 0 Å². The first-order chi connectivity index (χ1) is 10.7. The molecule has 0 radical (unpaired) electrons. The summed E-state index contributed by atoms with van der Waals surface area (Å²) in [6, 6.07) is 4.21. The van der Waals surface area contributed by atoms with Gasteiger partial charge in [0.05, 0.1) is 0 Å². The van der Waals surface area contributed by atoms with E-state index in [0.717, 1.165) is 25.0 Å². The Kier molecular flexibility index (Phi) is 5.53. The van der Waals surface area contributed by atoms with Crippen molar-refractivity contribution < 1.29 is 31.4 Å². The van der Waals surface area contributed by atoms with Crippen LogP contribution in [-0.4, -0.2) is 32.5 Å². The number of rotatable bonds is 5. The van der Waals surface area contributed by atoms with Gasteiger partial charge in [-0.3, -0.25) is 0 Å². The Bertz CT molecular complexity index is 633. The molecule has 1 aliphatic rings. The van der Waals surface area contributed by atoms with E-state index >= 15 is 0 Å². The standard InChI is InChI=1S/C14H18F3NO4S/c15-14(16,17)22-12-6-1-2-7-13(12)23(20,21)18-11-5-3-4-10(8-11)9-19/h1-2,6-7,10-11,18-19H,3-5,8-9H2/t10-,11-/m1/s1. The van der Waals surface area contributed by atoms with E-state index < -0.39 is 33.1 Å². The summed E-state index contributed by atoms with van der Waals surface area (Å²) in [7, 11) is -4.15. The maximum absolute atomic E-state index is 12.4. The van der Waals surface area contributed by atoms with Crippen molar-refractivity contribution in [2.45, 2.75) is 43.0 Å². The van der Waals surface area contributed by atoms with E-state index in [1.807, 2.05) is 0 Å². The fraction of sp³-hybridized carbons (Fsp3) is 0.571. The molecule has 1 aromatic carbocycles. The summed E-state index contributed by atoms with van der Waals surface area (Å²) in [5.41, 5.74) is 0. The van der Waals surface area contributed by atoms with Gasteiger partial charge in [0.2, 0.25) is 10.0 Å². The number of hydrogen-bond acceptors (Lipinski definition) is 4. The largest absolute Gasteiger partial charge is 0.573 e. The normalized spacial score (nSPS) is 22.8. The number of alkyl halides is 3. The monoisotopic (exact) mass is 353 g/mol. The van der Waals surface area contributed by atoms with Gasteiger partial charge in [-0.2, -0.15) is 0 Å². The second kappa shape index (κ2) is 7.06. The van der Waals surface area contributed by atoms with Crippen LogP contribution in [-0.2, 0) is 10.0 Å². The molecule has 0 spiro atoms. The van der Waals surface area contributed by atoms with Crippen molar-refractivity contribution in [1.82, 2.24) is 4.72 Å². The minimum atomic E-state index is -4.97. The molecule has 1 saturated carbocycles. The first-order valence-electron chi connectivity index (χ1n) is 7.19. The summed E-state index contributed by atoms with van der Waals surface area (Å²) in [6.07, 6.45) is -2.38. The molecule has 2 atom stereocenters. The van der Waals surface area contributed by atoms with Gasteiger partial charge in [-0.25, -0.2) is 13.1 Å². The number of aliphatic hydroxyl groups is 1. The summed E-state index contributed by atoms with van der Waals surface area (Å²) in [5, 5.41) is 9.17. The molecule has 0 bridgehead atoms. The van der Waals surface area contributed by atoms with Gasteiger partial charge in [0.1, 0.15) is 10.6 Å². The molecule has 1 aromatic rings. The molecule has 1 aliphatic carbocycles. The molecule has 0 saturated heterocycles. The van der Waals surface area contributed by atoms with E-state index in [0.29, 0.717) is 12.8 Å². The van der Waals surface area contributed by atoms with Crippen molar-refractivity contribution in [3.8, 4) is 5.75 Å². The topological polar surface area (TPSA) is 75.6 Å². The van der Waals surface area contributed by atoms with Gasteiger partial charge in [0, 0.05) is 12.6 Å². The van der Waals surface area contributed by atoms with Gasteiger partial charge < -0.3 is 9.84 Å². The van der Waals surface area contributed by atoms with Crippen LogP contribution in [0.5, 0.6) is 5.75 Å². The Labute approximate surface area is 132 Å². The van der Waals surface area contributed by atoms with Crippen molar-refractivity contribution in [2.75, 3.05) is 6.61 Å². The van der Waals surface area contributed by atoms with Crippen molar-refractivity contribution in [3.05, 3.63) is 24.3 Å². The number of para-hydroxylation sites is 1. The van der Waals surface area contributed by atoms with Gasteiger partial charge in [-0.15, -0.1) is 13.2 Å². The minimum Gasteiger partial charge on any atom is -0.404 e. The second-order valence-electron chi connectivity index (χ2n) is 5.53. The average molecular weight is 353 g/mol. The molecule has 0 aromatic heterocycles. The fourth-order valence-electron chi connectivity index (χ4n) is 2.73. The van der Waals surface area contributed by atoms with E-state index in [2.05, 4.69) is 9.46 Å². The zero-order chi connectivity index (χ0) is 17.1. The zero-order valence-corrected chi connectivity index (χ0v) is 13.0. The minimum absolute atomic E-state index is 0.00174. The van der Waals surface area contributed by atoms with Crippen LogP contribution in [0.2, 0.25) is 0 Å². The Morgan fingerprint density at radius 2 is 1.96 bits per heavy atom. The SMILES string of the molecule is O=S(=O)(N[C@@H]1CCC[C@@H](CO)C1)c1ccccc1OC(F)(F)F. The summed E-state index contributed by atoms with van der Waals surface area (Å²) < 4.78 is 68.2. The van der Waals surface area contributed by atoms with Crippen LogP contribution < -0.4 is 9.46 Å². The maximum Gasteiger partial charge on any atom is 0.573 e. The maximum atomic E-state index is 12.4. The molecule has 0 aliphatic heterocycles. The van der Waals surface area contributed by atoms with Crippen LogP contribution in [0.3, 0.4) is 0 Å². The third kappa shape index (κ3) is 5.08.